The van der Waals surface area contributed by atoms with Crippen molar-refractivity contribution >= 4 is 52.6 Å². The van der Waals surface area contributed by atoms with Gasteiger partial charge in [0.1, 0.15) is 23.9 Å². The predicted molar refractivity (Wildman–Crippen MR) is 252 cm³/mol. The van der Waals surface area contributed by atoms with Crippen LogP contribution in [0.25, 0.3) is 10.1 Å². The quantitative estimate of drug-likeness (QED) is 0.0602. The van der Waals surface area contributed by atoms with E-state index in [0.717, 1.165) is 30.6 Å². The van der Waals surface area contributed by atoms with E-state index >= 15 is 4.39 Å². The van der Waals surface area contributed by atoms with Gasteiger partial charge in [0.15, 0.2) is 0 Å². The molecule has 8 atom stereocenters. The van der Waals surface area contributed by atoms with Crippen LogP contribution < -0.4 is 14.9 Å². The Kier molecular flexibility index (Phi) is 15.0. The van der Waals surface area contributed by atoms with Gasteiger partial charge in [-0.3, -0.25) is 23.7 Å². The molecule has 0 bridgehead atoms. The molecule has 2 N–H and O–H groups in total. The van der Waals surface area contributed by atoms with Gasteiger partial charge >= 0.3 is 19.7 Å². The first-order chi connectivity index (χ1) is 32.5. The summed E-state index contributed by atoms with van der Waals surface area (Å²) in [7, 11) is -2.72. The molecule has 1 saturated carbocycles. The van der Waals surface area contributed by atoms with Crippen LogP contribution in [0.1, 0.15) is 117 Å². The van der Waals surface area contributed by atoms with Crippen molar-refractivity contribution in [1.82, 2.24) is 25.1 Å². The molecule has 3 aliphatic heterocycles. The molecule has 8 rings (SSSR count). The van der Waals surface area contributed by atoms with Crippen molar-refractivity contribution in [1.29, 1.82) is 0 Å². The Morgan fingerprint density at radius 1 is 0.985 bits per heavy atom. The van der Waals surface area contributed by atoms with Crippen molar-refractivity contribution in [2.24, 2.45) is 0 Å². The number of likely N-dealkylation sites (tertiary alicyclic amines) is 1. The first-order valence-corrected chi connectivity index (χ1v) is 26.2. The molecule has 4 aromatic rings. The lowest BCUT2D eigenvalue weighted by Gasteiger charge is -2.41. The van der Waals surface area contributed by atoms with Gasteiger partial charge in [-0.2, -0.15) is 13.2 Å². The van der Waals surface area contributed by atoms with Gasteiger partial charge < -0.3 is 29.3 Å². The normalized spacial score (nSPS) is 24.2. The van der Waals surface area contributed by atoms with Crippen LogP contribution in [0, 0.1) is 0 Å². The zero-order chi connectivity index (χ0) is 48.4. The summed E-state index contributed by atoms with van der Waals surface area (Å²) in [6.07, 6.45) is 0.0292. The van der Waals surface area contributed by atoms with E-state index in [1.54, 1.807) is 42.3 Å². The van der Waals surface area contributed by atoms with Crippen LogP contribution in [-0.2, 0) is 23.7 Å². The van der Waals surface area contributed by atoms with Gasteiger partial charge in [-0.25, -0.2) is 9.48 Å². The third-order valence-electron chi connectivity index (χ3n) is 14.0. The number of carbonyl (C=O) groups is 4. The molecule has 1 spiro atoms. The second kappa shape index (κ2) is 20.6. The summed E-state index contributed by atoms with van der Waals surface area (Å²) in [5, 5.41) is 6.01. The van der Waals surface area contributed by atoms with Crippen LogP contribution in [0.3, 0.4) is 0 Å². The number of alkyl halides is 4. The second-order valence-electron chi connectivity index (χ2n) is 18.9. The second-order valence-corrected chi connectivity index (χ2v) is 22.1. The van der Waals surface area contributed by atoms with Crippen molar-refractivity contribution < 1.29 is 50.6 Å². The minimum atomic E-state index is -4.52. The molecule has 366 valence electrons. The van der Waals surface area contributed by atoms with Crippen molar-refractivity contribution in [2.45, 2.75) is 138 Å². The largest absolute Gasteiger partial charge is 0.465 e. The van der Waals surface area contributed by atoms with Gasteiger partial charge in [-0.15, -0.1) is 11.3 Å². The standard InChI is InChI=1S/C50H60F4N5O7PS/c1-4-26-65-48(63)32(2)56-67(64,66-39-14-9-6-10-15-39)44(51)34-16-21-42-35(27-34)28-43(68-42)45(60)55-40-19-17-37(57(3)25-11-22-50(52,53)54)29-38-18-20-41(59(38)46(40)61)47(62)58-31-36(30-49(58)23-24-49)33-12-7-5-8-13-33/h5-10,12-16,21,27-28,32,36-38,40-41,44H,4,11,17-20,22-26,29-31H2,1-3H3,(H,55,60)(H,56,64)/t32-,36+,37-,38+,40-,41-,44+,67?/m0/s1. The highest BCUT2D eigenvalue weighted by Crippen LogP contribution is 2.58. The number of rotatable bonds is 17. The number of hydrogen-bond donors (Lipinski definition) is 2. The summed E-state index contributed by atoms with van der Waals surface area (Å²) in [5.41, 5.74) is 0.898. The maximum Gasteiger partial charge on any atom is 0.389 e. The van der Waals surface area contributed by atoms with Crippen molar-refractivity contribution in [3.63, 3.8) is 0 Å². The Balaban J connectivity index is 1.03. The van der Waals surface area contributed by atoms with E-state index in [4.69, 9.17) is 9.26 Å². The number of fused-ring (bicyclic) bond motifs is 2. The molecule has 1 aliphatic carbocycles. The fourth-order valence-corrected chi connectivity index (χ4v) is 13.2. The summed E-state index contributed by atoms with van der Waals surface area (Å²) in [5.74, 6) is -3.69. The Labute approximate surface area is 398 Å². The molecule has 0 radical (unpaired) electrons. The fraction of sp³-hybridized carbons (Fsp3) is 0.520. The molecule has 3 aromatic carbocycles. The van der Waals surface area contributed by atoms with E-state index in [2.05, 4.69) is 22.5 Å². The van der Waals surface area contributed by atoms with E-state index in [-0.39, 0.29) is 77.5 Å². The number of carbonyl (C=O) groups excluding carboxylic acids is 4. The number of benzene rings is 3. The molecule has 3 saturated heterocycles. The summed E-state index contributed by atoms with van der Waals surface area (Å²) >= 11 is 1.12. The van der Waals surface area contributed by atoms with Gasteiger partial charge in [-0.1, -0.05) is 61.5 Å². The number of ether oxygens (including phenoxy) is 1. The molecule has 68 heavy (non-hydrogen) atoms. The third-order valence-corrected chi connectivity index (χ3v) is 17.3. The molecular weight excluding hydrogens is 922 g/mol. The molecule has 18 heteroatoms. The lowest BCUT2D eigenvalue weighted by atomic mass is 9.93. The van der Waals surface area contributed by atoms with E-state index in [9.17, 15) is 36.9 Å². The molecule has 4 heterocycles. The van der Waals surface area contributed by atoms with Crippen LogP contribution in [0.4, 0.5) is 17.6 Å². The van der Waals surface area contributed by atoms with E-state index in [0.29, 0.717) is 48.7 Å². The van der Waals surface area contributed by atoms with Crippen molar-refractivity contribution in [3.05, 3.63) is 101 Å². The van der Waals surface area contributed by atoms with Gasteiger partial charge in [0.2, 0.25) is 17.7 Å². The zero-order valence-electron chi connectivity index (χ0n) is 38.6. The van der Waals surface area contributed by atoms with Crippen LogP contribution >= 0.6 is 18.9 Å². The fourth-order valence-electron chi connectivity index (χ4n) is 10.3. The minimum absolute atomic E-state index is 0.0272. The first kappa shape index (κ1) is 49.6. The number of amides is 3. The summed E-state index contributed by atoms with van der Waals surface area (Å²) < 4.78 is 82.3. The third kappa shape index (κ3) is 11.1. The smallest absolute Gasteiger partial charge is 0.389 e. The number of nitrogens with zero attached hydrogens (tertiary/aromatic N) is 3. The van der Waals surface area contributed by atoms with Crippen LogP contribution in [0.5, 0.6) is 5.75 Å². The Morgan fingerprint density at radius 2 is 1.71 bits per heavy atom. The molecular formula is C50H60F4N5O7PS. The van der Waals surface area contributed by atoms with E-state index in [1.165, 1.54) is 36.8 Å². The van der Waals surface area contributed by atoms with E-state index in [1.807, 2.05) is 34.9 Å². The highest BCUT2D eigenvalue weighted by Gasteiger charge is 2.58. The Morgan fingerprint density at radius 3 is 2.40 bits per heavy atom. The number of esters is 1. The molecule has 12 nitrogen and oxygen atoms in total. The topological polar surface area (TPSA) is 138 Å². The monoisotopic (exact) mass is 981 g/mol. The highest BCUT2D eigenvalue weighted by molar-refractivity contribution is 7.57. The summed E-state index contributed by atoms with van der Waals surface area (Å²) in [6, 6.07) is 20.7. The van der Waals surface area contributed by atoms with Crippen LogP contribution in [-0.4, -0.2) is 107 Å². The maximum atomic E-state index is 16.7. The minimum Gasteiger partial charge on any atom is -0.465 e. The van der Waals surface area contributed by atoms with Gasteiger partial charge in [0, 0.05) is 41.2 Å². The lowest BCUT2D eigenvalue weighted by molar-refractivity contribution is -0.148. The predicted octanol–water partition coefficient (Wildman–Crippen LogP) is 9.91. The van der Waals surface area contributed by atoms with Gasteiger partial charge in [0.25, 0.3) is 5.91 Å². The van der Waals surface area contributed by atoms with Gasteiger partial charge in [0.05, 0.1) is 11.5 Å². The number of halogens is 4. The Bertz CT molecular complexity index is 2490. The number of nitrogens with one attached hydrogen (secondary N) is 2. The van der Waals surface area contributed by atoms with Crippen molar-refractivity contribution in [2.75, 3.05) is 26.7 Å². The SMILES string of the molecule is CCCOC(=O)[C@H](C)NP(=O)(Oc1ccccc1)[C@@H](F)c1ccc2sc(C(=O)N[C@H]3CC[C@H](N(C)CCCC(F)(F)F)C[C@H]4CC[C@@H](C(=O)N5C[C@H](c6ccccc6)CC56CC6)N4C3=O)cc2c1. The maximum absolute atomic E-state index is 16.7. The molecule has 3 amide bonds. The average Bonchev–Trinajstić information content (AvgIpc) is 3.59. The number of hydrogen-bond acceptors (Lipinski definition) is 9. The van der Waals surface area contributed by atoms with Crippen LogP contribution in [0.2, 0.25) is 0 Å². The molecule has 1 aromatic heterocycles. The van der Waals surface area contributed by atoms with Crippen molar-refractivity contribution in [3.8, 4) is 5.75 Å². The van der Waals surface area contributed by atoms with Gasteiger partial charge in [-0.05, 0) is 132 Å². The summed E-state index contributed by atoms with van der Waals surface area (Å²) in [6.45, 7) is 4.11. The highest BCUT2D eigenvalue weighted by atomic mass is 32.1. The number of thiophene rings is 1. The first-order valence-electron chi connectivity index (χ1n) is 23.7. The molecule has 4 fully saturated rings. The lowest BCUT2D eigenvalue weighted by Crippen LogP contribution is -2.59. The van der Waals surface area contributed by atoms with Crippen LogP contribution in [0.15, 0.2) is 84.9 Å². The molecule has 1 unspecified atom stereocenters. The summed E-state index contributed by atoms with van der Waals surface area (Å²) in [4.78, 5) is 62.4. The zero-order valence-corrected chi connectivity index (χ0v) is 40.3. The van der Waals surface area contributed by atoms with E-state index < -0.39 is 56.0 Å². The average molecular weight is 982 g/mol. The molecule has 4 aliphatic rings. The Hall–Kier alpha value is -4.83. The number of para-hydroxylation sites is 1.